The lowest BCUT2D eigenvalue weighted by Gasteiger charge is -2.28. The molecule has 0 aliphatic rings. The highest BCUT2D eigenvalue weighted by atomic mass is 35.5. The minimum absolute atomic E-state index is 0.150. The standard InChI is InChI=1S/C13H18ClN3O2/c1-8(16-13(15)19)12(18)17(3)9(2)10-5-4-6-11(14)7-10/h4-9H,1-3H3,(H3,15,16,19)/t8-,9+/m1/s1. The summed E-state index contributed by atoms with van der Waals surface area (Å²) in [5, 5.41) is 2.98. The molecule has 5 nitrogen and oxygen atoms in total. The largest absolute Gasteiger partial charge is 0.352 e. The summed E-state index contributed by atoms with van der Waals surface area (Å²) >= 11 is 5.93. The molecule has 2 atom stereocenters. The topological polar surface area (TPSA) is 75.4 Å². The van der Waals surface area contributed by atoms with Crippen LogP contribution in [0.5, 0.6) is 0 Å². The zero-order valence-electron chi connectivity index (χ0n) is 11.2. The van der Waals surface area contributed by atoms with Gasteiger partial charge in [-0.05, 0) is 31.5 Å². The lowest BCUT2D eigenvalue weighted by atomic mass is 10.1. The number of nitrogens with one attached hydrogen (secondary N) is 1. The van der Waals surface area contributed by atoms with E-state index in [0.717, 1.165) is 5.56 Å². The highest BCUT2D eigenvalue weighted by Gasteiger charge is 2.23. The van der Waals surface area contributed by atoms with Crippen molar-refractivity contribution in [1.82, 2.24) is 10.2 Å². The van der Waals surface area contributed by atoms with E-state index in [0.29, 0.717) is 5.02 Å². The molecule has 0 radical (unpaired) electrons. The molecular formula is C13H18ClN3O2. The quantitative estimate of drug-likeness (QED) is 0.886. The van der Waals surface area contributed by atoms with Crippen LogP contribution in [0.1, 0.15) is 25.5 Å². The molecular weight excluding hydrogens is 266 g/mol. The Hall–Kier alpha value is -1.75. The third kappa shape index (κ3) is 4.13. The van der Waals surface area contributed by atoms with Crippen LogP contribution in [0, 0.1) is 0 Å². The first-order valence-corrected chi connectivity index (χ1v) is 6.28. The van der Waals surface area contributed by atoms with Crippen molar-refractivity contribution < 1.29 is 9.59 Å². The molecule has 0 heterocycles. The molecule has 0 saturated carbocycles. The molecule has 0 saturated heterocycles. The molecule has 0 unspecified atom stereocenters. The van der Waals surface area contributed by atoms with Gasteiger partial charge in [-0.25, -0.2) is 4.79 Å². The molecule has 3 amide bonds. The van der Waals surface area contributed by atoms with Crippen molar-refractivity contribution in [3.05, 3.63) is 34.9 Å². The van der Waals surface area contributed by atoms with Crippen molar-refractivity contribution in [2.45, 2.75) is 25.9 Å². The number of nitrogens with two attached hydrogens (primary N) is 1. The fourth-order valence-corrected chi connectivity index (χ4v) is 1.96. The second-order valence-corrected chi connectivity index (χ2v) is 4.85. The maximum atomic E-state index is 12.1. The lowest BCUT2D eigenvalue weighted by Crippen LogP contribution is -2.47. The van der Waals surface area contributed by atoms with Crippen molar-refractivity contribution >= 4 is 23.5 Å². The molecule has 0 aliphatic heterocycles. The van der Waals surface area contributed by atoms with Gasteiger partial charge in [-0.3, -0.25) is 4.79 Å². The Balaban J connectivity index is 2.79. The number of hydrogen-bond acceptors (Lipinski definition) is 2. The van der Waals surface area contributed by atoms with Crippen molar-refractivity contribution in [1.29, 1.82) is 0 Å². The van der Waals surface area contributed by atoms with Gasteiger partial charge in [0, 0.05) is 12.1 Å². The van der Waals surface area contributed by atoms with Gasteiger partial charge in [0.2, 0.25) is 5.91 Å². The van der Waals surface area contributed by atoms with Crippen LogP contribution in [0.3, 0.4) is 0 Å². The second-order valence-electron chi connectivity index (χ2n) is 4.41. The molecule has 6 heteroatoms. The van der Waals surface area contributed by atoms with Crippen molar-refractivity contribution in [3.8, 4) is 0 Å². The predicted octanol–water partition coefficient (Wildman–Crippen LogP) is 1.92. The van der Waals surface area contributed by atoms with Crippen molar-refractivity contribution in [3.63, 3.8) is 0 Å². The number of carbonyl (C=O) groups excluding carboxylic acids is 2. The van der Waals surface area contributed by atoms with E-state index in [2.05, 4.69) is 5.32 Å². The second kappa shape index (κ2) is 6.43. The fraction of sp³-hybridized carbons (Fsp3) is 0.385. The van der Waals surface area contributed by atoms with Crippen LogP contribution in [0.2, 0.25) is 5.02 Å². The predicted molar refractivity (Wildman–Crippen MR) is 74.8 cm³/mol. The number of carbonyl (C=O) groups is 2. The summed E-state index contributed by atoms with van der Waals surface area (Å²) in [4.78, 5) is 24.4. The molecule has 1 aromatic carbocycles. The Bertz CT molecular complexity index is 479. The average molecular weight is 284 g/mol. The van der Waals surface area contributed by atoms with Gasteiger partial charge >= 0.3 is 6.03 Å². The molecule has 3 N–H and O–H groups in total. The summed E-state index contributed by atoms with van der Waals surface area (Å²) in [7, 11) is 1.67. The summed E-state index contributed by atoms with van der Waals surface area (Å²) < 4.78 is 0. The zero-order valence-corrected chi connectivity index (χ0v) is 11.9. The number of halogens is 1. The summed E-state index contributed by atoms with van der Waals surface area (Å²) in [6.07, 6.45) is 0. The number of benzene rings is 1. The Kier molecular flexibility index (Phi) is 5.18. The number of amides is 3. The van der Waals surface area contributed by atoms with E-state index in [9.17, 15) is 9.59 Å². The average Bonchev–Trinajstić information content (AvgIpc) is 2.35. The summed E-state index contributed by atoms with van der Waals surface area (Å²) in [6, 6.07) is 5.78. The fourth-order valence-electron chi connectivity index (χ4n) is 1.76. The highest BCUT2D eigenvalue weighted by molar-refractivity contribution is 6.30. The van der Waals surface area contributed by atoms with Crippen LogP contribution in [0.15, 0.2) is 24.3 Å². The first kappa shape index (κ1) is 15.3. The van der Waals surface area contributed by atoms with Gasteiger partial charge in [-0.15, -0.1) is 0 Å². The summed E-state index contributed by atoms with van der Waals surface area (Å²) in [6.45, 7) is 3.48. The third-order valence-corrected chi connectivity index (χ3v) is 3.22. The number of likely N-dealkylation sites (N-methyl/N-ethyl adjacent to an activating group) is 1. The first-order chi connectivity index (χ1) is 8.82. The number of primary amides is 1. The van der Waals surface area contributed by atoms with Gasteiger partial charge in [0.25, 0.3) is 0 Å². The number of hydrogen-bond donors (Lipinski definition) is 2. The van der Waals surface area contributed by atoms with Crippen LogP contribution in [-0.2, 0) is 4.79 Å². The van der Waals surface area contributed by atoms with E-state index in [-0.39, 0.29) is 11.9 Å². The van der Waals surface area contributed by atoms with E-state index < -0.39 is 12.1 Å². The van der Waals surface area contributed by atoms with Gasteiger partial charge in [0.05, 0.1) is 6.04 Å². The minimum Gasteiger partial charge on any atom is -0.352 e. The maximum Gasteiger partial charge on any atom is 0.312 e. The molecule has 0 aromatic heterocycles. The van der Waals surface area contributed by atoms with E-state index >= 15 is 0 Å². The monoisotopic (exact) mass is 283 g/mol. The maximum absolute atomic E-state index is 12.1. The normalized spacial score (nSPS) is 13.5. The van der Waals surface area contributed by atoms with Crippen molar-refractivity contribution in [2.24, 2.45) is 5.73 Å². The van der Waals surface area contributed by atoms with Gasteiger partial charge < -0.3 is 16.0 Å². The van der Waals surface area contributed by atoms with E-state index in [1.165, 1.54) is 0 Å². The van der Waals surface area contributed by atoms with Crippen LogP contribution in [0.4, 0.5) is 4.79 Å². The highest BCUT2D eigenvalue weighted by Crippen LogP contribution is 2.22. The molecule has 0 spiro atoms. The Morgan fingerprint density at radius 3 is 2.53 bits per heavy atom. The van der Waals surface area contributed by atoms with Gasteiger partial charge in [0.15, 0.2) is 0 Å². The van der Waals surface area contributed by atoms with Gasteiger partial charge in [0.1, 0.15) is 6.04 Å². The molecule has 104 valence electrons. The van der Waals surface area contributed by atoms with E-state index in [1.54, 1.807) is 24.9 Å². The van der Waals surface area contributed by atoms with Gasteiger partial charge in [-0.2, -0.15) is 0 Å². The molecule has 0 fully saturated rings. The van der Waals surface area contributed by atoms with Gasteiger partial charge in [-0.1, -0.05) is 23.7 Å². The zero-order chi connectivity index (χ0) is 14.6. The minimum atomic E-state index is -0.718. The van der Waals surface area contributed by atoms with E-state index in [4.69, 9.17) is 17.3 Å². The van der Waals surface area contributed by atoms with Crippen LogP contribution in [-0.4, -0.2) is 29.9 Å². The summed E-state index contributed by atoms with van der Waals surface area (Å²) in [5.74, 6) is -0.216. The first-order valence-electron chi connectivity index (χ1n) is 5.91. The Morgan fingerprint density at radius 2 is 2.00 bits per heavy atom. The molecule has 19 heavy (non-hydrogen) atoms. The Morgan fingerprint density at radius 1 is 1.37 bits per heavy atom. The van der Waals surface area contributed by atoms with Crippen LogP contribution >= 0.6 is 11.6 Å². The smallest absolute Gasteiger partial charge is 0.312 e. The number of rotatable bonds is 4. The van der Waals surface area contributed by atoms with Crippen molar-refractivity contribution in [2.75, 3.05) is 7.05 Å². The molecule has 0 bridgehead atoms. The van der Waals surface area contributed by atoms with Crippen LogP contribution in [0.25, 0.3) is 0 Å². The molecule has 1 aromatic rings. The summed E-state index contributed by atoms with van der Waals surface area (Å²) in [5.41, 5.74) is 5.93. The SMILES string of the molecule is C[C@@H](NC(N)=O)C(=O)N(C)[C@@H](C)c1cccc(Cl)c1. The van der Waals surface area contributed by atoms with Crippen LogP contribution < -0.4 is 11.1 Å². The third-order valence-electron chi connectivity index (χ3n) is 2.99. The lowest BCUT2D eigenvalue weighted by molar-refractivity contribution is -0.133. The molecule has 1 rings (SSSR count). The van der Waals surface area contributed by atoms with E-state index in [1.807, 2.05) is 25.1 Å². The molecule has 0 aliphatic carbocycles. The number of nitrogens with zero attached hydrogens (tertiary/aromatic N) is 1. The number of urea groups is 1. The Labute approximate surface area is 117 Å².